The fourth-order valence-electron chi connectivity index (χ4n) is 1.52. The summed E-state index contributed by atoms with van der Waals surface area (Å²) >= 11 is 6.13. The zero-order valence-electron chi connectivity index (χ0n) is 9.31. The van der Waals surface area contributed by atoms with Gasteiger partial charge in [-0.25, -0.2) is 0 Å². The number of hydrogen-bond acceptors (Lipinski definition) is 2. The zero-order chi connectivity index (χ0) is 11.7. The zero-order valence-corrected chi connectivity index (χ0v) is 10.1. The lowest BCUT2D eigenvalue weighted by molar-refractivity contribution is 0.532. The molecule has 3 nitrogen and oxygen atoms in total. The number of benzene rings is 1. The van der Waals surface area contributed by atoms with Gasteiger partial charge in [0, 0.05) is 34.1 Å². The van der Waals surface area contributed by atoms with E-state index in [-0.39, 0.29) is 0 Å². The second-order valence-electron chi connectivity index (χ2n) is 4.04. The molecule has 0 spiro atoms. The van der Waals surface area contributed by atoms with Gasteiger partial charge in [0.15, 0.2) is 0 Å². The molecule has 4 heteroatoms. The Kier molecular flexibility index (Phi) is 2.88. The van der Waals surface area contributed by atoms with Crippen molar-refractivity contribution in [1.29, 1.82) is 0 Å². The fourth-order valence-corrected chi connectivity index (χ4v) is 1.75. The summed E-state index contributed by atoms with van der Waals surface area (Å²) in [6, 6.07) is 5.80. The smallest absolute Gasteiger partial charge is 0.0568 e. The van der Waals surface area contributed by atoms with Crippen LogP contribution in [0.2, 0.25) is 5.02 Å². The van der Waals surface area contributed by atoms with Crippen molar-refractivity contribution in [1.82, 2.24) is 9.78 Å². The van der Waals surface area contributed by atoms with Crippen LogP contribution in [0.1, 0.15) is 19.9 Å². The highest BCUT2D eigenvalue weighted by Crippen LogP contribution is 2.29. The number of aromatic nitrogens is 2. The highest BCUT2D eigenvalue weighted by molar-refractivity contribution is 6.33. The van der Waals surface area contributed by atoms with Crippen molar-refractivity contribution >= 4 is 17.3 Å². The number of nitrogens with zero attached hydrogens (tertiary/aromatic N) is 2. The molecule has 2 N–H and O–H groups in total. The molecule has 1 aromatic carbocycles. The van der Waals surface area contributed by atoms with E-state index in [1.165, 1.54) is 0 Å². The highest BCUT2D eigenvalue weighted by atomic mass is 35.5. The lowest BCUT2D eigenvalue weighted by atomic mass is 10.1. The van der Waals surface area contributed by atoms with Gasteiger partial charge in [-0.1, -0.05) is 11.6 Å². The third-order valence-electron chi connectivity index (χ3n) is 2.43. The monoisotopic (exact) mass is 235 g/mol. The minimum atomic E-state index is 0.341. The maximum absolute atomic E-state index is 6.13. The van der Waals surface area contributed by atoms with Crippen molar-refractivity contribution in [3.05, 3.63) is 35.6 Å². The topological polar surface area (TPSA) is 43.8 Å². The normalized spacial score (nSPS) is 11.0. The van der Waals surface area contributed by atoms with E-state index in [0.29, 0.717) is 16.8 Å². The first kappa shape index (κ1) is 11.0. The van der Waals surface area contributed by atoms with Gasteiger partial charge in [0.1, 0.15) is 0 Å². The van der Waals surface area contributed by atoms with Crippen LogP contribution in [0.5, 0.6) is 0 Å². The Bertz CT molecular complexity index is 503. The van der Waals surface area contributed by atoms with E-state index in [0.717, 1.165) is 11.1 Å². The number of nitrogen functional groups attached to an aromatic ring is 1. The van der Waals surface area contributed by atoms with Crippen molar-refractivity contribution in [2.24, 2.45) is 0 Å². The molecule has 0 saturated carbocycles. The molecule has 2 rings (SSSR count). The van der Waals surface area contributed by atoms with Crippen molar-refractivity contribution in [3.63, 3.8) is 0 Å². The van der Waals surface area contributed by atoms with Crippen LogP contribution in [0, 0.1) is 0 Å². The van der Waals surface area contributed by atoms with Crippen LogP contribution in [0.3, 0.4) is 0 Å². The number of halogens is 1. The molecular formula is C12H14ClN3. The fraction of sp³-hybridized carbons (Fsp3) is 0.250. The molecule has 0 aliphatic carbocycles. The molecule has 1 aromatic heterocycles. The van der Waals surface area contributed by atoms with E-state index in [4.69, 9.17) is 17.3 Å². The molecule has 16 heavy (non-hydrogen) atoms. The second-order valence-corrected chi connectivity index (χ2v) is 4.45. The van der Waals surface area contributed by atoms with Crippen molar-refractivity contribution < 1.29 is 0 Å². The number of nitrogens with two attached hydrogens (primary N) is 1. The predicted molar refractivity (Wildman–Crippen MR) is 67.5 cm³/mol. The molecule has 0 fully saturated rings. The first-order valence-electron chi connectivity index (χ1n) is 5.17. The minimum absolute atomic E-state index is 0.341. The van der Waals surface area contributed by atoms with Crippen molar-refractivity contribution in [2.45, 2.75) is 19.9 Å². The van der Waals surface area contributed by atoms with E-state index in [2.05, 4.69) is 18.9 Å². The molecule has 0 amide bonds. The summed E-state index contributed by atoms with van der Waals surface area (Å²) in [7, 11) is 0. The van der Waals surface area contributed by atoms with Gasteiger partial charge in [-0.3, -0.25) is 4.68 Å². The molecule has 0 saturated heterocycles. The third-order valence-corrected chi connectivity index (χ3v) is 2.76. The number of rotatable bonds is 2. The lowest BCUT2D eigenvalue weighted by Crippen LogP contribution is -1.99. The van der Waals surface area contributed by atoms with Crippen molar-refractivity contribution in [2.75, 3.05) is 5.73 Å². The molecular weight excluding hydrogens is 222 g/mol. The highest BCUT2D eigenvalue weighted by Gasteiger charge is 2.07. The molecule has 0 aliphatic heterocycles. The van der Waals surface area contributed by atoms with Gasteiger partial charge in [-0.15, -0.1) is 0 Å². The van der Waals surface area contributed by atoms with Gasteiger partial charge < -0.3 is 5.73 Å². The predicted octanol–water partition coefficient (Wildman–Crippen LogP) is 3.37. The first-order chi connectivity index (χ1) is 7.58. The molecule has 0 aliphatic rings. The Hall–Kier alpha value is -1.48. The van der Waals surface area contributed by atoms with Gasteiger partial charge >= 0.3 is 0 Å². The largest absolute Gasteiger partial charge is 0.399 e. The molecule has 84 valence electrons. The van der Waals surface area contributed by atoms with E-state index in [9.17, 15) is 0 Å². The molecule has 1 heterocycles. The first-order valence-corrected chi connectivity index (χ1v) is 5.55. The van der Waals surface area contributed by atoms with Crippen molar-refractivity contribution in [3.8, 4) is 11.1 Å². The Morgan fingerprint density at radius 2 is 2.12 bits per heavy atom. The van der Waals surface area contributed by atoms with Gasteiger partial charge in [-0.05, 0) is 32.0 Å². The molecule has 0 bridgehead atoms. The quantitative estimate of drug-likeness (QED) is 0.812. The molecule has 2 aromatic rings. The van der Waals surface area contributed by atoms with Crippen LogP contribution in [0.15, 0.2) is 30.6 Å². The summed E-state index contributed by atoms with van der Waals surface area (Å²) in [6.07, 6.45) is 3.78. The minimum Gasteiger partial charge on any atom is -0.399 e. The van der Waals surface area contributed by atoms with E-state index >= 15 is 0 Å². The van der Waals surface area contributed by atoms with Gasteiger partial charge in [-0.2, -0.15) is 5.10 Å². The Labute approximate surface area is 99.8 Å². The van der Waals surface area contributed by atoms with Gasteiger partial charge in [0.25, 0.3) is 0 Å². The van der Waals surface area contributed by atoms with Crippen LogP contribution in [-0.4, -0.2) is 9.78 Å². The van der Waals surface area contributed by atoms with Crippen LogP contribution < -0.4 is 5.73 Å². The average Bonchev–Trinajstić information content (AvgIpc) is 2.70. The summed E-state index contributed by atoms with van der Waals surface area (Å²) in [6.45, 7) is 4.16. The molecule has 0 unspecified atom stereocenters. The Morgan fingerprint density at radius 1 is 1.38 bits per heavy atom. The van der Waals surface area contributed by atoms with E-state index in [1.807, 2.05) is 16.9 Å². The SMILES string of the molecule is CC(C)n1cc(-c2cc(N)ccc2Cl)cn1. The summed E-state index contributed by atoms with van der Waals surface area (Å²) in [5, 5.41) is 4.97. The number of hydrogen-bond donors (Lipinski definition) is 1. The summed E-state index contributed by atoms with van der Waals surface area (Å²) in [5.41, 5.74) is 8.37. The maximum atomic E-state index is 6.13. The number of anilines is 1. The summed E-state index contributed by atoms with van der Waals surface area (Å²) < 4.78 is 1.90. The van der Waals surface area contributed by atoms with Crippen LogP contribution >= 0.6 is 11.6 Å². The standard InChI is InChI=1S/C12H14ClN3/c1-8(2)16-7-9(6-15-16)11-5-10(14)3-4-12(11)13/h3-8H,14H2,1-2H3. The third kappa shape index (κ3) is 2.04. The van der Waals surface area contributed by atoms with Gasteiger partial charge in [0.2, 0.25) is 0 Å². The van der Waals surface area contributed by atoms with Crippen LogP contribution in [-0.2, 0) is 0 Å². The van der Waals surface area contributed by atoms with Crippen LogP contribution in [0.25, 0.3) is 11.1 Å². The van der Waals surface area contributed by atoms with E-state index < -0.39 is 0 Å². The maximum Gasteiger partial charge on any atom is 0.0568 e. The summed E-state index contributed by atoms with van der Waals surface area (Å²) in [4.78, 5) is 0. The lowest BCUT2D eigenvalue weighted by Gasteiger charge is -2.04. The summed E-state index contributed by atoms with van der Waals surface area (Å²) in [5.74, 6) is 0. The van der Waals surface area contributed by atoms with E-state index in [1.54, 1.807) is 18.3 Å². The Morgan fingerprint density at radius 3 is 2.75 bits per heavy atom. The van der Waals surface area contributed by atoms with Gasteiger partial charge in [0.05, 0.1) is 6.20 Å². The molecule has 0 radical (unpaired) electrons. The molecule has 0 atom stereocenters. The second kappa shape index (κ2) is 4.18. The van der Waals surface area contributed by atoms with Crippen LogP contribution in [0.4, 0.5) is 5.69 Å². The Balaban J connectivity index is 2.46. The average molecular weight is 236 g/mol.